The molecule has 0 aromatic carbocycles. The number of oxazole rings is 1. The average Bonchev–Trinajstić information content (AvgIpc) is 2.68. The van der Waals surface area contributed by atoms with Gasteiger partial charge in [-0.25, -0.2) is 4.98 Å². The van der Waals surface area contributed by atoms with Crippen LogP contribution >= 0.6 is 11.8 Å². The molecule has 14 heavy (non-hydrogen) atoms. The summed E-state index contributed by atoms with van der Waals surface area (Å²) in [5, 5.41) is 0. The molecule has 0 aliphatic carbocycles. The standard InChI is InChI=1S/C10H16N2OS/c11-4-3-9-6-13-10(12-9)8-2-1-5-14-7-8/h6,8H,1-5,7,11H2. The van der Waals surface area contributed by atoms with E-state index < -0.39 is 0 Å². The van der Waals surface area contributed by atoms with Crippen LogP contribution in [0.1, 0.15) is 30.3 Å². The molecule has 0 bridgehead atoms. The summed E-state index contributed by atoms with van der Waals surface area (Å²) < 4.78 is 5.48. The lowest BCUT2D eigenvalue weighted by Crippen LogP contribution is -2.09. The summed E-state index contributed by atoms with van der Waals surface area (Å²) >= 11 is 2.00. The van der Waals surface area contributed by atoms with Gasteiger partial charge in [0.15, 0.2) is 5.89 Å². The van der Waals surface area contributed by atoms with E-state index in [-0.39, 0.29) is 0 Å². The number of aromatic nitrogens is 1. The van der Waals surface area contributed by atoms with Gasteiger partial charge < -0.3 is 10.2 Å². The van der Waals surface area contributed by atoms with Crippen LogP contribution in [0.15, 0.2) is 10.7 Å². The predicted octanol–water partition coefficient (Wildman–Crippen LogP) is 1.79. The van der Waals surface area contributed by atoms with E-state index in [0.29, 0.717) is 12.5 Å². The van der Waals surface area contributed by atoms with Gasteiger partial charge >= 0.3 is 0 Å². The molecule has 1 aliphatic heterocycles. The molecular formula is C10H16N2OS. The summed E-state index contributed by atoms with van der Waals surface area (Å²) in [6.45, 7) is 0.644. The third-order valence-corrected chi connectivity index (χ3v) is 3.69. The first-order valence-corrected chi connectivity index (χ1v) is 6.27. The Morgan fingerprint density at radius 2 is 2.57 bits per heavy atom. The van der Waals surface area contributed by atoms with E-state index in [1.165, 1.54) is 18.6 Å². The van der Waals surface area contributed by atoms with Crippen LogP contribution in [-0.4, -0.2) is 23.0 Å². The maximum atomic E-state index is 5.48. The van der Waals surface area contributed by atoms with Crippen molar-refractivity contribution in [2.24, 2.45) is 5.73 Å². The molecule has 0 radical (unpaired) electrons. The molecule has 1 unspecified atom stereocenters. The monoisotopic (exact) mass is 212 g/mol. The van der Waals surface area contributed by atoms with Crippen molar-refractivity contribution in [3.8, 4) is 0 Å². The largest absolute Gasteiger partial charge is 0.448 e. The van der Waals surface area contributed by atoms with Crippen molar-refractivity contribution in [3.63, 3.8) is 0 Å². The van der Waals surface area contributed by atoms with Crippen LogP contribution in [0.5, 0.6) is 0 Å². The number of thioether (sulfide) groups is 1. The summed E-state index contributed by atoms with van der Waals surface area (Å²) in [6.07, 6.45) is 5.07. The van der Waals surface area contributed by atoms with Crippen LogP contribution < -0.4 is 5.73 Å². The molecule has 1 aromatic rings. The Kier molecular flexibility index (Phi) is 3.48. The fourth-order valence-corrected chi connectivity index (χ4v) is 2.84. The Hall–Kier alpha value is -0.480. The second-order valence-electron chi connectivity index (χ2n) is 3.63. The molecular weight excluding hydrogens is 196 g/mol. The highest BCUT2D eigenvalue weighted by Crippen LogP contribution is 2.30. The molecule has 1 atom stereocenters. The second kappa shape index (κ2) is 4.84. The zero-order valence-electron chi connectivity index (χ0n) is 8.24. The fraction of sp³-hybridized carbons (Fsp3) is 0.700. The quantitative estimate of drug-likeness (QED) is 0.830. The molecule has 4 heteroatoms. The molecule has 0 saturated carbocycles. The molecule has 0 spiro atoms. The second-order valence-corrected chi connectivity index (χ2v) is 4.78. The molecule has 2 heterocycles. The van der Waals surface area contributed by atoms with Gasteiger partial charge in [-0.3, -0.25) is 0 Å². The minimum absolute atomic E-state index is 0.528. The van der Waals surface area contributed by atoms with Crippen LogP contribution in [0.25, 0.3) is 0 Å². The summed E-state index contributed by atoms with van der Waals surface area (Å²) in [7, 11) is 0. The zero-order valence-corrected chi connectivity index (χ0v) is 9.05. The first-order chi connectivity index (χ1) is 6.90. The molecule has 2 rings (SSSR count). The lowest BCUT2D eigenvalue weighted by molar-refractivity contribution is 0.443. The van der Waals surface area contributed by atoms with Gasteiger partial charge in [0.05, 0.1) is 5.69 Å². The smallest absolute Gasteiger partial charge is 0.198 e. The lowest BCUT2D eigenvalue weighted by Gasteiger charge is -2.17. The fourth-order valence-electron chi connectivity index (χ4n) is 1.71. The number of rotatable bonds is 3. The van der Waals surface area contributed by atoms with E-state index in [9.17, 15) is 0 Å². The minimum atomic E-state index is 0.528. The van der Waals surface area contributed by atoms with E-state index in [2.05, 4.69) is 4.98 Å². The number of hydrogen-bond donors (Lipinski definition) is 1. The highest BCUT2D eigenvalue weighted by molar-refractivity contribution is 7.99. The Labute approximate surface area is 88.5 Å². The minimum Gasteiger partial charge on any atom is -0.448 e. The number of nitrogens with two attached hydrogens (primary N) is 1. The van der Waals surface area contributed by atoms with E-state index in [1.54, 1.807) is 6.26 Å². The molecule has 78 valence electrons. The summed E-state index contributed by atoms with van der Waals surface area (Å²) in [6, 6.07) is 0. The molecule has 1 saturated heterocycles. The summed E-state index contributed by atoms with van der Waals surface area (Å²) in [5.41, 5.74) is 6.46. The molecule has 1 aromatic heterocycles. The Balaban J connectivity index is 2.00. The van der Waals surface area contributed by atoms with Crippen molar-refractivity contribution in [2.75, 3.05) is 18.1 Å². The van der Waals surface area contributed by atoms with E-state index >= 15 is 0 Å². The third kappa shape index (κ3) is 2.30. The van der Waals surface area contributed by atoms with Gasteiger partial charge in [-0.05, 0) is 25.1 Å². The van der Waals surface area contributed by atoms with Crippen molar-refractivity contribution in [1.29, 1.82) is 0 Å². The van der Waals surface area contributed by atoms with Gasteiger partial charge in [-0.1, -0.05) is 0 Å². The normalized spacial score (nSPS) is 22.5. The van der Waals surface area contributed by atoms with E-state index in [0.717, 1.165) is 23.8 Å². The van der Waals surface area contributed by atoms with Crippen LogP contribution in [0.2, 0.25) is 0 Å². The van der Waals surface area contributed by atoms with Gasteiger partial charge in [0, 0.05) is 18.1 Å². The Morgan fingerprint density at radius 3 is 3.29 bits per heavy atom. The predicted molar refractivity (Wildman–Crippen MR) is 58.6 cm³/mol. The van der Waals surface area contributed by atoms with Crippen molar-refractivity contribution in [1.82, 2.24) is 4.98 Å². The van der Waals surface area contributed by atoms with Gasteiger partial charge in [0.2, 0.25) is 0 Å². The van der Waals surface area contributed by atoms with Crippen LogP contribution in [0, 0.1) is 0 Å². The number of nitrogens with zero attached hydrogens (tertiary/aromatic N) is 1. The molecule has 0 amide bonds. The molecule has 3 nitrogen and oxygen atoms in total. The zero-order chi connectivity index (χ0) is 9.80. The summed E-state index contributed by atoms with van der Waals surface area (Å²) in [4.78, 5) is 4.46. The van der Waals surface area contributed by atoms with Crippen molar-refractivity contribution < 1.29 is 4.42 Å². The maximum absolute atomic E-state index is 5.48. The van der Waals surface area contributed by atoms with Crippen molar-refractivity contribution >= 4 is 11.8 Å². The van der Waals surface area contributed by atoms with Gasteiger partial charge in [0.25, 0.3) is 0 Å². The van der Waals surface area contributed by atoms with E-state index in [1.807, 2.05) is 11.8 Å². The molecule has 1 fully saturated rings. The SMILES string of the molecule is NCCc1coc(C2CCCSC2)n1. The molecule has 2 N–H and O–H groups in total. The van der Waals surface area contributed by atoms with Crippen molar-refractivity contribution in [2.45, 2.75) is 25.2 Å². The van der Waals surface area contributed by atoms with Crippen molar-refractivity contribution in [3.05, 3.63) is 17.8 Å². The maximum Gasteiger partial charge on any atom is 0.198 e. The van der Waals surface area contributed by atoms with Crippen LogP contribution in [-0.2, 0) is 6.42 Å². The third-order valence-electron chi connectivity index (χ3n) is 2.48. The van der Waals surface area contributed by atoms with Crippen LogP contribution in [0.4, 0.5) is 0 Å². The molecule has 1 aliphatic rings. The highest BCUT2D eigenvalue weighted by atomic mass is 32.2. The summed E-state index contributed by atoms with van der Waals surface area (Å²) in [5.74, 6) is 3.89. The Bertz CT molecular complexity index is 281. The highest BCUT2D eigenvalue weighted by Gasteiger charge is 2.20. The Morgan fingerprint density at radius 1 is 1.64 bits per heavy atom. The van der Waals surface area contributed by atoms with Gasteiger partial charge in [-0.2, -0.15) is 11.8 Å². The number of hydrogen-bond acceptors (Lipinski definition) is 4. The average molecular weight is 212 g/mol. The first-order valence-electron chi connectivity index (χ1n) is 5.12. The first kappa shape index (κ1) is 10.1. The van der Waals surface area contributed by atoms with Crippen LogP contribution in [0.3, 0.4) is 0 Å². The van der Waals surface area contributed by atoms with Gasteiger partial charge in [0.1, 0.15) is 6.26 Å². The topological polar surface area (TPSA) is 52.0 Å². The van der Waals surface area contributed by atoms with Gasteiger partial charge in [-0.15, -0.1) is 0 Å². The lowest BCUT2D eigenvalue weighted by atomic mass is 10.1. The van der Waals surface area contributed by atoms with E-state index in [4.69, 9.17) is 10.2 Å².